The van der Waals surface area contributed by atoms with Gasteiger partial charge in [-0.25, -0.2) is 0 Å². The number of anilines is 2. The van der Waals surface area contributed by atoms with Gasteiger partial charge in [-0.05, 0) is 72.9 Å². The molecule has 1 saturated heterocycles. The molecule has 1 aromatic carbocycles. The molecule has 1 aliphatic heterocycles. The molecule has 1 amide bonds. The van der Waals surface area contributed by atoms with Crippen LogP contribution in [0.1, 0.15) is 36.2 Å². The number of hydrogen-bond acceptors (Lipinski definition) is 4. The van der Waals surface area contributed by atoms with Gasteiger partial charge >= 0.3 is 0 Å². The van der Waals surface area contributed by atoms with E-state index in [1.165, 1.54) is 6.92 Å². The second-order valence-electron chi connectivity index (χ2n) is 7.86. The zero-order chi connectivity index (χ0) is 22.8. The van der Waals surface area contributed by atoms with Crippen molar-refractivity contribution < 1.29 is 9.21 Å². The summed E-state index contributed by atoms with van der Waals surface area (Å²) in [4.78, 5) is 18.1. The Hall–Kier alpha value is -3.91. The molecule has 5 rings (SSSR count). The zero-order valence-electron chi connectivity index (χ0n) is 18.0. The largest absolute Gasteiger partial charge is 0.467 e. The minimum absolute atomic E-state index is 0.107. The Morgan fingerprint density at radius 2 is 1.97 bits per heavy atom. The highest BCUT2D eigenvalue weighted by molar-refractivity contribution is 7.80. The summed E-state index contributed by atoms with van der Waals surface area (Å²) >= 11 is 5.80. The van der Waals surface area contributed by atoms with E-state index in [0.29, 0.717) is 11.7 Å². The van der Waals surface area contributed by atoms with Gasteiger partial charge in [0.15, 0.2) is 5.11 Å². The summed E-state index contributed by atoms with van der Waals surface area (Å²) in [5, 5.41) is 6.91. The number of carbonyl (C=O) groups excluding carboxylic acids is 1. The molecular formula is C25H23N5O2S. The smallest absolute Gasteiger partial charge is 0.221 e. The standard InChI is InChI=1S/C25H23N5O2S/c1-17(31)27-18-9-11-19(12-10-18)30-24(23(28-25(30)33)21-7-2-3-13-26-21)22-8-4-14-29(22)16-20-6-5-15-32-20/h2-15,23-24H,16H2,1H3,(H,27,31)(H,28,33)/t23-,24+/m0/s1. The molecule has 7 nitrogen and oxygen atoms in total. The van der Waals surface area contributed by atoms with Crippen molar-refractivity contribution in [2.24, 2.45) is 0 Å². The van der Waals surface area contributed by atoms with Gasteiger partial charge in [-0.15, -0.1) is 0 Å². The van der Waals surface area contributed by atoms with Crippen LogP contribution in [0.4, 0.5) is 11.4 Å². The molecule has 0 spiro atoms. The number of rotatable bonds is 6. The average molecular weight is 458 g/mol. The summed E-state index contributed by atoms with van der Waals surface area (Å²) in [7, 11) is 0. The first kappa shape index (κ1) is 21.0. The van der Waals surface area contributed by atoms with E-state index in [4.69, 9.17) is 16.6 Å². The van der Waals surface area contributed by atoms with Gasteiger partial charge < -0.3 is 24.5 Å². The number of benzene rings is 1. The average Bonchev–Trinajstić information content (AvgIpc) is 3.55. The first-order valence-corrected chi connectivity index (χ1v) is 11.1. The normalized spacial score (nSPS) is 17.7. The van der Waals surface area contributed by atoms with Gasteiger partial charge in [0.25, 0.3) is 0 Å². The maximum atomic E-state index is 11.4. The number of amides is 1. The van der Waals surface area contributed by atoms with Crippen LogP contribution in [0.5, 0.6) is 0 Å². The number of aromatic nitrogens is 2. The monoisotopic (exact) mass is 457 g/mol. The van der Waals surface area contributed by atoms with Gasteiger partial charge in [-0.3, -0.25) is 9.78 Å². The molecule has 166 valence electrons. The first-order chi connectivity index (χ1) is 16.1. The topological polar surface area (TPSA) is 75.3 Å². The molecule has 2 N–H and O–H groups in total. The molecule has 0 radical (unpaired) electrons. The Morgan fingerprint density at radius 1 is 1.12 bits per heavy atom. The van der Waals surface area contributed by atoms with Crippen molar-refractivity contribution in [2.75, 3.05) is 10.2 Å². The Balaban J connectivity index is 1.56. The predicted molar refractivity (Wildman–Crippen MR) is 131 cm³/mol. The van der Waals surface area contributed by atoms with E-state index < -0.39 is 0 Å². The van der Waals surface area contributed by atoms with Crippen LogP contribution < -0.4 is 15.5 Å². The van der Waals surface area contributed by atoms with Gasteiger partial charge in [-0.1, -0.05) is 6.07 Å². The molecule has 33 heavy (non-hydrogen) atoms. The molecule has 1 aliphatic rings. The minimum atomic E-state index is -0.140. The van der Waals surface area contributed by atoms with Crippen LogP contribution in [-0.4, -0.2) is 20.6 Å². The fourth-order valence-corrected chi connectivity index (χ4v) is 4.60. The van der Waals surface area contributed by atoms with E-state index in [9.17, 15) is 4.79 Å². The highest BCUT2D eigenvalue weighted by Gasteiger charge is 2.42. The fourth-order valence-electron chi connectivity index (χ4n) is 4.25. The van der Waals surface area contributed by atoms with E-state index in [1.807, 2.05) is 66.9 Å². The van der Waals surface area contributed by atoms with Crippen LogP contribution in [-0.2, 0) is 11.3 Å². The molecule has 4 aromatic rings. The van der Waals surface area contributed by atoms with Gasteiger partial charge in [0, 0.05) is 36.4 Å². The summed E-state index contributed by atoms with van der Waals surface area (Å²) in [5.41, 5.74) is 3.66. The van der Waals surface area contributed by atoms with Crippen molar-refractivity contribution in [3.63, 3.8) is 0 Å². The maximum Gasteiger partial charge on any atom is 0.221 e. The Morgan fingerprint density at radius 3 is 2.67 bits per heavy atom. The Bertz CT molecular complexity index is 1250. The lowest BCUT2D eigenvalue weighted by atomic mass is 10.0. The van der Waals surface area contributed by atoms with Gasteiger partial charge in [0.2, 0.25) is 5.91 Å². The molecule has 0 saturated carbocycles. The third-order valence-corrected chi connectivity index (χ3v) is 5.95. The molecule has 2 atom stereocenters. The number of nitrogens with zero attached hydrogens (tertiary/aromatic N) is 3. The number of hydrogen-bond donors (Lipinski definition) is 2. The quantitative estimate of drug-likeness (QED) is 0.410. The number of nitrogens with one attached hydrogen (secondary N) is 2. The van der Waals surface area contributed by atoms with E-state index in [1.54, 1.807) is 12.5 Å². The first-order valence-electron chi connectivity index (χ1n) is 10.7. The van der Waals surface area contributed by atoms with Gasteiger partial charge in [0.1, 0.15) is 11.8 Å². The van der Waals surface area contributed by atoms with Crippen molar-refractivity contribution in [3.05, 3.63) is 103 Å². The number of thiocarbonyl (C=S) groups is 1. The maximum absolute atomic E-state index is 11.4. The molecule has 0 unspecified atom stereocenters. The summed E-state index contributed by atoms with van der Waals surface area (Å²) < 4.78 is 7.77. The van der Waals surface area contributed by atoms with Gasteiger partial charge in [-0.2, -0.15) is 0 Å². The van der Waals surface area contributed by atoms with Crippen LogP contribution in [0.15, 0.2) is 89.8 Å². The molecule has 1 fully saturated rings. The summed E-state index contributed by atoms with van der Waals surface area (Å²) in [6, 6.07) is 21.3. The van der Waals surface area contributed by atoms with E-state index in [0.717, 1.165) is 28.5 Å². The van der Waals surface area contributed by atoms with Gasteiger partial charge in [0.05, 0.1) is 24.5 Å². The highest BCUT2D eigenvalue weighted by atomic mass is 32.1. The number of furan rings is 1. The molecule has 0 bridgehead atoms. The van der Waals surface area contributed by atoms with E-state index >= 15 is 0 Å². The van der Waals surface area contributed by atoms with Crippen molar-refractivity contribution >= 4 is 34.6 Å². The van der Waals surface area contributed by atoms with Crippen molar-refractivity contribution in [2.45, 2.75) is 25.6 Å². The minimum Gasteiger partial charge on any atom is -0.467 e. The molecular weight excluding hydrogens is 434 g/mol. The SMILES string of the molecule is CC(=O)Nc1ccc(N2C(=S)N[C@@H](c3ccccn3)[C@H]2c2cccn2Cc2ccco2)cc1. The van der Waals surface area contributed by atoms with Crippen LogP contribution in [0.2, 0.25) is 0 Å². The summed E-state index contributed by atoms with van der Waals surface area (Å²) in [6.45, 7) is 2.11. The van der Waals surface area contributed by atoms with E-state index in [2.05, 4.69) is 31.2 Å². The van der Waals surface area contributed by atoms with Crippen LogP contribution in [0, 0.1) is 0 Å². The predicted octanol–water partition coefficient (Wildman–Crippen LogP) is 4.66. The van der Waals surface area contributed by atoms with Crippen LogP contribution in [0.3, 0.4) is 0 Å². The van der Waals surface area contributed by atoms with Crippen molar-refractivity contribution in [1.82, 2.24) is 14.9 Å². The molecule has 3 aromatic heterocycles. The number of pyridine rings is 1. The Kier molecular flexibility index (Phi) is 5.66. The summed E-state index contributed by atoms with van der Waals surface area (Å²) in [6.07, 6.45) is 5.53. The highest BCUT2D eigenvalue weighted by Crippen LogP contribution is 2.42. The lowest BCUT2D eigenvalue weighted by Gasteiger charge is -2.29. The number of carbonyl (C=O) groups is 1. The molecule has 4 heterocycles. The third-order valence-electron chi connectivity index (χ3n) is 5.64. The van der Waals surface area contributed by atoms with Crippen LogP contribution >= 0.6 is 12.2 Å². The zero-order valence-corrected chi connectivity index (χ0v) is 18.8. The lowest BCUT2D eigenvalue weighted by Crippen LogP contribution is -2.30. The van der Waals surface area contributed by atoms with Crippen molar-refractivity contribution in [1.29, 1.82) is 0 Å². The van der Waals surface area contributed by atoms with Crippen molar-refractivity contribution in [3.8, 4) is 0 Å². The van der Waals surface area contributed by atoms with E-state index in [-0.39, 0.29) is 18.0 Å². The second kappa shape index (κ2) is 8.91. The fraction of sp³-hybridized carbons (Fsp3) is 0.160. The third kappa shape index (κ3) is 4.25. The Labute approximate surface area is 197 Å². The molecule has 0 aliphatic carbocycles. The second-order valence-corrected chi connectivity index (χ2v) is 8.25. The molecule has 8 heteroatoms. The lowest BCUT2D eigenvalue weighted by molar-refractivity contribution is -0.114. The van der Waals surface area contributed by atoms with Crippen LogP contribution in [0.25, 0.3) is 0 Å². The summed E-state index contributed by atoms with van der Waals surface area (Å²) in [5.74, 6) is 0.770.